The zero-order valence-electron chi connectivity index (χ0n) is 8.67. The maximum Gasteiger partial charge on any atom is 0.144 e. The van der Waals surface area contributed by atoms with Crippen LogP contribution in [0.5, 0.6) is 0 Å². The molecule has 4 heteroatoms. The standard InChI is InChI=1S/C12H10BrClN2/c1-8-4-5-11(10(14)7-8)16-12-9(13)3-2-6-15-12/h2-7H,1H3,(H,15,16). The van der Waals surface area contributed by atoms with Gasteiger partial charge in [-0.25, -0.2) is 4.98 Å². The molecule has 1 heterocycles. The first-order chi connectivity index (χ1) is 7.66. The van der Waals surface area contributed by atoms with Gasteiger partial charge in [-0.2, -0.15) is 0 Å². The van der Waals surface area contributed by atoms with Crippen molar-refractivity contribution < 1.29 is 0 Å². The summed E-state index contributed by atoms with van der Waals surface area (Å²) in [7, 11) is 0. The van der Waals surface area contributed by atoms with Gasteiger partial charge in [0.05, 0.1) is 15.2 Å². The van der Waals surface area contributed by atoms with Crippen molar-refractivity contribution in [1.82, 2.24) is 4.98 Å². The van der Waals surface area contributed by atoms with Crippen molar-refractivity contribution in [2.75, 3.05) is 5.32 Å². The minimum absolute atomic E-state index is 0.692. The third kappa shape index (κ3) is 2.54. The number of halogens is 2. The molecule has 0 aliphatic carbocycles. The van der Waals surface area contributed by atoms with Gasteiger partial charge in [0.1, 0.15) is 5.82 Å². The van der Waals surface area contributed by atoms with Crippen LogP contribution in [0.25, 0.3) is 0 Å². The van der Waals surface area contributed by atoms with Gasteiger partial charge >= 0.3 is 0 Å². The molecule has 0 amide bonds. The normalized spacial score (nSPS) is 10.2. The number of rotatable bonds is 2. The quantitative estimate of drug-likeness (QED) is 0.879. The van der Waals surface area contributed by atoms with Crippen LogP contribution in [0.4, 0.5) is 11.5 Å². The van der Waals surface area contributed by atoms with Crippen molar-refractivity contribution >= 4 is 39.0 Å². The highest BCUT2D eigenvalue weighted by atomic mass is 79.9. The van der Waals surface area contributed by atoms with E-state index in [1.807, 2.05) is 37.3 Å². The molecule has 2 aromatic rings. The van der Waals surface area contributed by atoms with Gasteiger partial charge in [0, 0.05) is 6.20 Å². The lowest BCUT2D eigenvalue weighted by molar-refractivity contribution is 1.29. The van der Waals surface area contributed by atoms with Crippen LogP contribution in [0.1, 0.15) is 5.56 Å². The Kier molecular flexibility index (Phi) is 3.46. The van der Waals surface area contributed by atoms with Gasteiger partial charge in [0.25, 0.3) is 0 Å². The fourth-order valence-electron chi connectivity index (χ4n) is 1.33. The summed E-state index contributed by atoms with van der Waals surface area (Å²) in [5.41, 5.74) is 1.99. The Morgan fingerprint density at radius 3 is 2.81 bits per heavy atom. The van der Waals surface area contributed by atoms with Crippen LogP contribution in [0.15, 0.2) is 41.0 Å². The maximum atomic E-state index is 6.13. The van der Waals surface area contributed by atoms with Gasteiger partial charge in [0.15, 0.2) is 0 Å². The molecule has 0 unspecified atom stereocenters. The Morgan fingerprint density at radius 1 is 1.31 bits per heavy atom. The molecule has 16 heavy (non-hydrogen) atoms. The van der Waals surface area contributed by atoms with Crippen LogP contribution >= 0.6 is 27.5 Å². The predicted molar refractivity (Wildman–Crippen MR) is 71.4 cm³/mol. The van der Waals surface area contributed by atoms with Crippen molar-refractivity contribution in [3.63, 3.8) is 0 Å². The van der Waals surface area contributed by atoms with Crippen molar-refractivity contribution in [3.8, 4) is 0 Å². The molecular formula is C12H10BrClN2. The molecule has 0 radical (unpaired) electrons. The molecule has 2 nitrogen and oxygen atoms in total. The number of hydrogen-bond acceptors (Lipinski definition) is 2. The fraction of sp³-hybridized carbons (Fsp3) is 0.0833. The number of nitrogens with one attached hydrogen (secondary N) is 1. The molecule has 1 N–H and O–H groups in total. The second kappa shape index (κ2) is 4.85. The number of aromatic nitrogens is 1. The molecule has 0 aliphatic heterocycles. The SMILES string of the molecule is Cc1ccc(Nc2ncccc2Br)c(Cl)c1. The second-order valence-corrected chi connectivity index (χ2v) is 4.70. The zero-order valence-corrected chi connectivity index (χ0v) is 11.0. The first-order valence-corrected chi connectivity index (χ1v) is 5.97. The van der Waals surface area contributed by atoms with E-state index in [0.29, 0.717) is 5.02 Å². The van der Waals surface area contributed by atoms with Gasteiger partial charge in [-0.15, -0.1) is 0 Å². The summed E-state index contributed by atoms with van der Waals surface area (Å²) in [6.45, 7) is 2.01. The minimum atomic E-state index is 0.692. The van der Waals surface area contributed by atoms with Gasteiger partial charge in [-0.05, 0) is 52.7 Å². The Labute approximate surface area is 108 Å². The maximum absolute atomic E-state index is 6.13. The summed E-state index contributed by atoms with van der Waals surface area (Å²) in [5.74, 6) is 0.758. The highest BCUT2D eigenvalue weighted by Gasteiger charge is 2.04. The third-order valence-electron chi connectivity index (χ3n) is 2.14. The highest BCUT2D eigenvalue weighted by molar-refractivity contribution is 9.10. The van der Waals surface area contributed by atoms with Crippen molar-refractivity contribution in [3.05, 3.63) is 51.6 Å². The van der Waals surface area contributed by atoms with Crippen molar-refractivity contribution in [1.29, 1.82) is 0 Å². The van der Waals surface area contributed by atoms with Crippen LogP contribution in [-0.2, 0) is 0 Å². The van der Waals surface area contributed by atoms with Crippen molar-refractivity contribution in [2.45, 2.75) is 6.92 Å². The van der Waals surface area contributed by atoms with E-state index in [4.69, 9.17) is 11.6 Å². The zero-order chi connectivity index (χ0) is 11.5. The number of anilines is 2. The molecule has 0 saturated carbocycles. The van der Waals surface area contributed by atoms with Crippen LogP contribution in [-0.4, -0.2) is 4.98 Å². The van der Waals surface area contributed by atoms with Gasteiger partial charge in [-0.1, -0.05) is 17.7 Å². The third-order valence-corrected chi connectivity index (χ3v) is 3.09. The monoisotopic (exact) mass is 296 g/mol. The van der Waals surface area contributed by atoms with Crippen LogP contribution in [0, 0.1) is 6.92 Å². The number of aryl methyl sites for hydroxylation is 1. The lowest BCUT2D eigenvalue weighted by atomic mass is 10.2. The van der Waals surface area contributed by atoms with E-state index in [-0.39, 0.29) is 0 Å². The average molecular weight is 298 g/mol. The molecule has 0 saturated heterocycles. The number of hydrogen-bond donors (Lipinski definition) is 1. The summed E-state index contributed by atoms with van der Waals surface area (Å²) in [6, 6.07) is 9.66. The summed E-state index contributed by atoms with van der Waals surface area (Å²) in [6.07, 6.45) is 1.73. The highest BCUT2D eigenvalue weighted by Crippen LogP contribution is 2.28. The molecule has 1 aromatic heterocycles. The molecule has 0 aliphatic rings. The lowest BCUT2D eigenvalue weighted by Gasteiger charge is -2.09. The molecule has 1 aromatic carbocycles. The summed E-state index contributed by atoms with van der Waals surface area (Å²) in [5, 5.41) is 3.87. The van der Waals surface area contributed by atoms with E-state index in [1.54, 1.807) is 6.20 Å². The average Bonchev–Trinajstić information content (AvgIpc) is 2.25. The molecule has 0 fully saturated rings. The largest absolute Gasteiger partial charge is 0.338 e. The van der Waals surface area contributed by atoms with Gasteiger partial charge in [0.2, 0.25) is 0 Å². The minimum Gasteiger partial charge on any atom is -0.338 e. The molecule has 82 valence electrons. The fourth-order valence-corrected chi connectivity index (χ4v) is 1.96. The summed E-state index contributed by atoms with van der Waals surface area (Å²) >= 11 is 9.55. The Bertz CT molecular complexity index is 514. The van der Waals surface area contributed by atoms with Gasteiger partial charge < -0.3 is 5.32 Å². The molecule has 2 rings (SSSR count). The summed E-state index contributed by atoms with van der Waals surface area (Å²) < 4.78 is 0.909. The molecule has 0 spiro atoms. The second-order valence-electron chi connectivity index (χ2n) is 3.44. The Hall–Kier alpha value is -1.06. The van der Waals surface area contributed by atoms with Gasteiger partial charge in [-0.3, -0.25) is 0 Å². The smallest absolute Gasteiger partial charge is 0.144 e. The predicted octanol–water partition coefficient (Wildman–Crippen LogP) is 4.55. The van der Waals surface area contributed by atoms with E-state index in [1.165, 1.54) is 0 Å². The Morgan fingerprint density at radius 2 is 2.12 bits per heavy atom. The first-order valence-electron chi connectivity index (χ1n) is 4.80. The molecule has 0 bridgehead atoms. The van der Waals surface area contributed by atoms with Crippen LogP contribution < -0.4 is 5.32 Å². The number of benzene rings is 1. The Balaban J connectivity index is 2.31. The van der Waals surface area contributed by atoms with E-state index in [0.717, 1.165) is 21.5 Å². The van der Waals surface area contributed by atoms with E-state index >= 15 is 0 Å². The van der Waals surface area contributed by atoms with Crippen LogP contribution in [0.3, 0.4) is 0 Å². The topological polar surface area (TPSA) is 24.9 Å². The van der Waals surface area contributed by atoms with Crippen molar-refractivity contribution in [2.24, 2.45) is 0 Å². The molecular weight excluding hydrogens is 288 g/mol. The molecule has 0 atom stereocenters. The first kappa shape index (κ1) is 11.4. The van der Waals surface area contributed by atoms with E-state index in [2.05, 4.69) is 26.2 Å². The van der Waals surface area contributed by atoms with E-state index in [9.17, 15) is 0 Å². The number of pyridine rings is 1. The van der Waals surface area contributed by atoms with E-state index < -0.39 is 0 Å². The number of nitrogens with zero attached hydrogens (tertiary/aromatic N) is 1. The van der Waals surface area contributed by atoms with Crippen LogP contribution in [0.2, 0.25) is 5.02 Å². The summed E-state index contributed by atoms with van der Waals surface area (Å²) in [4.78, 5) is 4.22. The lowest BCUT2D eigenvalue weighted by Crippen LogP contribution is -1.95.